The van der Waals surface area contributed by atoms with Gasteiger partial charge in [0.05, 0.1) is 36.4 Å². The van der Waals surface area contributed by atoms with Gasteiger partial charge in [-0.1, -0.05) is 26.0 Å². The highest BCUT2D eigenvalue weighted by Crippen LogP contribution is 2.52. The van der Waals surface area contributed by atoms with Crippen molar-refractivity contribution in [3.63, 3.8) is 0 Å². The summed E-state index contributed by atoms with van der Waals surface area (Å²) in [4.78, 5) is 26.7. The molecule has 0 amide bonds. The number of halogens is 6. The van der Waals surface area contributed by atoms with E-state index in [9.17, 15) is 31.9 Å². The molecule has 14 heteroatoms. The first-order valence-corrected chi connectivity index (χ1v) is 18.4. The Morgan fingerprint density at radius 1 is 0.981 bits per heavy atom. The highest BCUT2D eigenvalue weighted by Gasteiger charge is 2.44. The SMILES string of the molecule is CC1(C)Cc2nc(C3CCN(c4ncc(OCCCCC(=O)O)cn4)CC3)c(C(F)c3ccc(C(F)(F)F)cc3)c(C3CCC(F)(F)CC3)c2[C@@H](O)C1. The van der Waals surface area contributed by atoms with E-state index in [2.05, 4.69) is 9.97 Å². The summed E-state index contributed by atoms with van der Waals surface area (Å²) in [5, 5.41) is 20.4. The lowest BCUT2D eigenvalue weighted by Crippen LogP contribution is -2.36. The molecule has 1 aromatic carbocycles. The van der Waals surface area contributed by atoms with Gasteiger partial charge in [-0.25, -0.2) is 23.1 Å². The van der Waals surface area contributed by atoms with Crippen LogP contribution >= 0.6 is 0 Å². The fraction of sp³-hybridized carbons (Fsp3) is 0.590. The summed E-state index contributed by atoms with van der Waals surface area (Å²) < 4.78 is 92.2. The lowest BCUT2D eigenvalue weighted by atomic mass is 9.68. The van der Waals surface area contributed by atoms with Gasteiger partial charge in [-0.3, -0.25) is 9.78 Å². The number of benzene rings is 1. The summed E-state index contributed by atoms with van der Waals surface area (Å²) >= 11 is 0. The molecule has 0 radical (unpaired) electrons. The maximum absolute atomic E-state index is 17.3. The van der Waals surface area contributed by atoms with Gasteiger partial charge >= 0.3 is 12.1 Å². The molecule has 8 nitrogen and oxygen atoms in total. The predicted molar refractivity (Wildman–Crippen MR) is 185 cm³/mol. The first kappa shape index (κ1) is 38.8. The molecule has 2 fully saturated rings. The zero-order valence-corrected chi connectivity index (χ0v) is 29.9. The van der Waals surface area contributed by atoms with E-state index in [1.165, 1.54) is 0 Å². The number of alkyl halides is 6. The van der Waals surface area contributed by atoms with Crippen LogP contribution in [-0.2, 0) is 17.4 Å². The smallest absolute Gasteiger partial charge is 0.416 e. The Bertz CT molecular complexity index is 1730. The number of unbranched alkanes of at least 4 members (excludes halogenated alkanes) is 1. The molecule has 2 aromatic heterocycles. The topological polar surface area (TPSA) is 109 Å². The molecule has 2 N–H and O–H groups in total. The molecule has 53 heavy (non-hydrogen) atoms. The van der Waals surface area contributed by atoms with Gasteiger partial charge in [0.15, 0.2) is 11.9 Å². The van der Waals surface area contributed by atoms with Crippen molar-refractivity contribution in [2.24, 2.45) is 5.41 Å². The Balaban J connectivity index is 1.32. The number of rotatable bonds is 11. The summed E-state index contributed by atoms with van der Waals surface area (Å²) in [5.74, 6) is -3.52. The van der Waals surface area contributed by atoms with E-state index in [-0.39, 0.29) is 54.6 Å². The third-order valence-corrected chi connectivity index (χ3v) is 10.9. The van der Waals surface area contributed by atoms with Crippen molar-refractivity contribution in [2.75, 3.05) is 24.6 Å². The van der Waals surface area contributed by atoms with Crippen LogP contribution in [0.5, 0.6) is 5.75 Å². The van der Waals surface area contributed by atoms with E-state index < -0.39 is 41.8 Å². The number of carbonyl (C=O) groups is 1. The van der Waals surface area contributed by atoms with Crippen molar-refractivity contribution < 1.29 is 46.1 Å². The highest BCUT2D eigenvalue weighted by atomic mass is 19.4. The van der Waals surface area contributed by atoms with Crippen molar-refractivity contribution in [3.05, 3.63) is 75.9 Å². The second-order valence-corrected chi connectivity index (χ2v) is 15.5. The van der Waals surface area contributed by atoms with Crippen molar-refractivity contribution in [1.29, 1.82) is 0 Å². The van der Waals surface area contributed by atoms with E-state index in [0.29, 0.717) is 92.4 Å². The molecule has 0 spiro atoms. The van der Waals surface area contributed by atoms with E-state index >= 15 is 4.39 Å². The second kappa shape index (κ2) is 15.4. The summed E-state index contributed by atoms with van der Waals surface area (Å²) in [6.45, 7) is 5.36. The number of aromatic nitrogens is 3. The van der Waals surface area contributed by atoms with Crippen molar-refractivity contribution in [2.45, 2.75) is 121 Å². The van der Waals surface area contributed by atoms with Gasteiger partial charge in [-0.15, -0.1) is 0 Å². The fourth-order valence-electron chi connectivity index (χ4n) is 8.18. The monoisotopic (exact) mass is 748 g/mol. The summed E-state index contributed by atoms with van der Waals surface area (Å²) in [6.07, 6.45) is -1.92. The van der Waals surface area contributed by atoms with Crippen LogP contribution in [0.3, 0.4) is 0 Å². The molecule has 288 valence electrons. The molecule has 2 atom stereocenters. The number of fused-ring (bicyclic) bond motifs is 1. The number of pyridine rings is 1. The molecular formula is C39H46F6N4O4. The molecule has 3 aliphatic rings. The normalized spacial score (nSPS) is 21.2. The lowest BCUT2D eigenvalue weighted by Gasteiger charge is -2.41. The molecular weight excluding hydrogens is 702 g/mol. The first-order valence-electron chi connectivity index (χ1n) is 18.4. The maximum atomic E-state index is 17.3. The minimum Gasteiger partial charge on any atom is -0.490 e. The number of hydrogen-bond donors (Lipinski definition) is 2. The molecule has 0 bridgehead atoms. The Morgan fingerprint density at radius 3 is 2.23 bits per heavy atom. The quantitative estimate of drug-likeness (QED) is 0.148. The van der Waals surface area contributed by atoms with Crippen molar-refractivity contribution in [3.8, 4) is 5.75 Å². The number of aliphatic carboxylic acids is 1. The molecule has 3 heterocycles. The molecule has 2 aliphatic carbocycles. The number of nitrogens with zero attached hydrogens (tertiary/aromatic N) is 4. The summed E-state index contributed by atoms with van der Waals surface area (Å²) in [7, 11) is 0. The van der Waals surface area contributed by atoms with Crippen LogP contribution in [0, 0.1) is 5.41 Å². The first-order chi connectivity index (χ1) is 25.0. The minimum absolute atomic E-state index is 0.00375. The molecule has 1 unspecified atom stereocenters. The number of hydrogen-bond acceptors (Lipinski definition) is 7. The highest BCUT2D eigenvalue weighted by molar-refractivity contribution is 5.66. The zero-order valence-electron chi connectivity index (χ0n) is 29.9. The van der Waals surface area contributed by atoms with Gasteiger partial charge in [-0.2, -0.15) is 13.2 Å². The number of aliphatic hydroxyl groups excluding tert-OH is 1. The average molecular weight is 749 g/mol. The minimum atomic E-state index is -4.60. The van der Waals surface area contributed by atoms with E-state index in [1.54, 1.807) is 12.4 Å². The average Bonchev–Trinajstić information content (AvgIpc) is 3.10. The van der Waals surface area contributed by atoms with Crippen molar-refractivity contribution >= 4 is 11.9 Å². The molecule has 3 aromatic rings. The Kier molecular flexibility index (Phi) is 11.3. The van der Waals surface area contributed by atoms with Crippen LogP contribution in [0.15, 0.2) is 36.7 Å². The van der Waals surface area contributed by atoms with Crippen LogP contribution in [0.1, 0.15) is 141 Å². The van der Waals surface area contributed by atoms with Gasteiger partial charge in [0, 0.05) is 55.1 Å². The van der Waals surface area contributed by atoms with Gasteiger partial charge in [-0.05, 0) is 86.0 Å². The molecule has 1 aliphatic heterocycles. The Labute approximate surface area is 305 Å². The Hall–Kier alpha value is -3.94. The zero-order chi connectivity index (χ0) is 38.1. The number of carboxylic acid groups (broad SMARTS) is 1. The molecule has 6 rings (SSSR count). The van der Waals surface area contributed by atoms with Gasteiger partial charge < -0.3 is 19.8 Å². The number of piperidine rings is 1. The number of aliphatic hydroxyl groups is 1. The largest absolute Gasteiger partial charge is 0.490 e. The van der Waals surface area contributed by atoms with Crippen molar-refractivity contribution in [1.82, 2.24) is 15.0 Å². The van der Waals surface area contributed by atoms with Crippen LogP contribution in [0.2, 0.25) is 0 Å². The van der Waals surface area contributed by atoms with E-state index in [0.717, 1.165) is 24.3 Å². The van der Waals surface area contributed by atoms with Gasteiger partial charge in [0.2, 0.25) is 11.9 Å². The van der Waals surface area contributed by atoms with Crippen LogP contribution < -0.4 is 9.64 Å². The second-order valence-electron chi connectivity index (χ2n) is 15.5. The Morgan fingerprint density at radius 2 is 1.62 bits per heavy atom. The van der Waals surface area contributed by atoms with Crippen LogP contribution in [-0.4, -0.2) is 56.8 Å². The number of ether oxygens (including phenoxy) is 1. The lowest BCUT2D eigenvalue weighted by molar-refractivity contribution is -0.138. The maximum Gasteiger partial charge on any atom is 0.416 e. The summed E-state index contributed by atoms with van der Waals surface area (Å²) in [6, 6.07) is 3.94. The standard InChI is InChI=1S/C39H46F6N4O4/c1-37(2)19-28-32(29(50)20-37)31(23-10-14-38(41,42)15-11-23)33(34(40)24-6-8-26(9-7-24)39(43,44)45)35(48-28)25-12-16-49(17-13-25)36-46-21-27(22-47-36)53-18-4-3-5-30(51)52/h6-9,21-23,25,29,34,50H,3-5,10-20H2,1-2H3,(H,51,52)/t29-,34?/m0/s1. The summed E-state index contributed by atoms with van der Waals surface area (Å²) in [5.41, 5.74) is 1.05. The fourth-order valence-corrected chi connectivity index (χ4v) is 8.18. The van der Waals surface area contributed by atoms with Gasteiger partial charge in [0.25, 0.3) is 0 Å². The van der Waals surface area contributed by atoms with E-state index in [4.69, 9.17) is 14.8 Å². The third kappa shape index (κ3) is 9.06. The van der Waals surface area contributed by atoms with Crippen LogP contribution in [0.4, 0.5) is 32.3 Å². The molecule has 1 saturated heterocycles. The molecule has 1 saturated carbocycles. The number of carboxylic acids is 1. The van der Waals surface area contributed by atoms with Crippen LogP contribution in [0.25, 0.3) is 0 Å². The van der Waals surface area contributed by atoms with Gasteiger partial charge in [0.1, 0.15) is 0 Å². The third-order valence-electron chi connectivity index (χ3n) is 10.9. The van der Waals surface area contributed by atoms with E-state index in [1.807, 2.05) is 18.7 Å². The number of anilines is 1. The predicted octanol–water partition coefficient (Wildman–Crippen LogP) is 9.27.